The number of anilines is 2. The molecule has 8 heteroatoms. The van der Waals surface area contributed by atoms with Crippen LogP contribution in [0.15, 0.2) is 33.9 Å². The number of aromatic nitrogens is 2. The Balaban J connectivity index is 2.23. The molecule has 0 aliphatic rings. The van der Waals surface area contributed by atoms with E-state index in [1.807, 2.05) is 45.0 Å². The zero-order valence-electron chi connectivity index (χ0n) is 18.1. The molecule has 0 aliphatic carbocycles. The van der Waals surface area contributed by atoms with Crippen LogP contribution in [-0.4, -0.2) is 27.8 Å². The molecule has 30 heavy (non-hydrogen) atoms. The lowest BCUT2D eigenvalue weighted by Crippen LogP contribution is -2.42. The first-order valence-corrected chi connectivity index (χ1v) is 11.6. The van der Waals surface area contributed by atoms with Crippen molar-refractivity contribution in [2.45, 2.75) is 58.8 Å². The summed E-state index contributed by atoms with van der Waals surface area (Å²) in [6.07, 6.45) is 3.24. The molecule has 0 atom stereocenters. The maximum absolute atomic E-state index is 13.0. The second-order valence-electron chi connectivity index (χ2n) is 7.38. The van der Waals surface area contributed by atoms with Gasteiger partial charge in [0.05, 0.1) is 5.75 Å². The summed E-state index contributed by atoms with van der Waals surface area (Å²) in [5.74, 6) is 0.809. The van der Waals surface area contributed by atoms with Gasteiger partial charge in [0.1, 0.15) is 5.82 Å². The number of carbonyl (C=O) groups is 1. The molecule has 0 aliphatic heterocycles. The number of amides is 1. The van der Waals surface area contributed by atoms with Crippen LogP contribution < -0.4 is 21.9 Å². The van der Waals surface area contributed by atoms with Crippen molar-refractivity contribution in [1.29, 1.82) is 0 Å². The van der Waals surface area contributed by atoms with Gasteiger partial charge in [0.2, 0.25) is 5.91 Å². The highest BCUT2D eigenvalue weighted by Crippen LogP contribution is 2.20. The van der Waals surface area contributed by atoms with Crippen LogP contribution in [0.5, 0.6) is 0 Å². The quantitative estimate of drug-likeness (QED) is 0.567. The first-order valence-electron chi connectivity index (χ1n) is 10.4. The molecule has 0 spiro atoms. The molecule has 1 heterocycles. The fourth-order valence-corrected chi connectivity index (χ4v) is 3.93. The first kappa shape index (κ1) is 23.8. The van der Waals surface area contributed by atoms with Crippen molar-refractivity contribution in [1.82, 2.24) is 9.55 Å². The third-order valence-electron chi connectivity index (χ3n) is 4.87. The molecular formula is C22H32N4O3S. The number of aromatic amines is 1. The van der Waals surface area contributed by atoms with Crippen molar-refractivity contribution in [3.8, 4) is 0 Å². The Morgan fingerprint density at radius 3 is 2.43 bits per heavy atom. The largest absolute Gasteiger partial charge is 0.383 e. The number of hydrogen-bond donors (Lipinski definition) is 2. The number of benzene rings is 1. The number of nitrogens with zero attached hydrogens (tertiary/aromatic N) is 2. The molecule has 164 valence electrons. The molecule has 0 radical (unpaired) electrons. The molecule has 0 saturated carbocycles. The summed E-state index contributed by atoms with van der Waals surface area (Å²) in [4.78, 5) is 41.6. The number of nitrogens with one attached hydrogen (secondary N) is 1. The van der Waals surface area contributed by atoms with E-state index in [-0.39, 0.29) is 23.2 Å². The SMILES string of the molecule is CCCCN(C(=O)CSCc1ccc(C)cc1)c1c(N)n(CCCC)c(=O)[nH]c1=O. The molecule has 1 aromatic carbocycles. The predicted molar refractivity (Wildman–Crippen MR) is 125 cm³/mol. The van der Waals surface area contributed by atoms with Crippen LogP contribution in [0.1, 0.15) is 50.7 Å². The number of hydrogen-bond acceptors (Lipinski definition) is 5. The molecular weight excluding hydrogens is 400 g/mol. The normalized spacial score (nSPS) is 10.9. The fraction of sp³-hybridized carbons (Fsp3) is 0.500. The Morgan fingerprint density at radius 2 is 1.80 bits per heavy atom. The van der Waals surface area contributed by atoms with Gasteiger partial charge in [-0.05, 0) is 25.3 Å². The lowest BCUT2D eigenvalue weighted by molar-refractivity contribution is -0.116. The number of carbonyl (C=O) groups excluding carboxylic acids is 1. The number of nitrogens with two attached hydrogens (primary N) is 1. The Bertz CT molecular complexity index is 950. The average molecular weight is 433 g/mol. The van der Waals surface area contributed by atoms with Gasteiger partial charge >= 0.3 is 5.69 Å². The van der Waals surface area contributed by atoms with Gasteiger partial charge in [0, 0.05) is 18.8 Å². The standard InChI is InChI=1S/C22H32N4O3S/c1-4-6-12-25(18(27)15-30-14-17-10-8-16(3)9-11-17)19-20(23)26(13-7-5-2)22(29)24-21(19)28/h8-11H,4-7,12-15,23H2,1-3H3,(H,24,28,29). The lowest BCUT2D eigenvalue weighted by Gasteiger charge is -2.24. The summed E-state index contributed by atoms with van der Waals surface area (Å²) in [6, 6.07) is 8.19. The highest BCUT2D eigenvalue weighted by molar-refractivity contribution is 7.99. The van der Waals surface area contributed by atoms with Gasteiger partial charge < -0.3 is 10.6 Å². The minimum absolute atomic E-state index is 0.0604. The molecule has 7 nitrogen and oxygen atoms in total. The van der Waals surface area contributed by atoms with Gasteiger partial charge in [-0.1, -0.05) is 56.5 Å². The Kier molecular flexibility index (Phi) is 9.23. The zero-order valence-corrected chi connectivity index (χ0v) is 18.9. The molecule has 1 aromatic heterocycles. The van der Waals surface area contributed by atoms with Crippen molar-refractivity contribution in [2.75, 3.05) is 22.9 Å². The summed E-state index contributed by atoms with van der Waals surface area (Å²) >= 11 is 1.50. The summed E-state index contributed by atoms with van der Waals surface area (Å²) < 4.78 is 1.35. The topological polar surface area (TPSA) is 101 Å². The van der Waals surface area contributed by atoms with Crippen LogP contribution in [0.4, 0.5) is 11.5 Å². The van der Waals surface area contributed by atoms with Crippen molar-refractivity contribution in [3.63, 3.8) is 0 Å². The Hall–Kier alpha value is -2.48. The molecule has 2 rings (SSSR count). The summed E-state index contributed by atoms with van der Waals surface area (Å²) in [5, 5.41) is 0. The van der Waals surface area contributed by atoms with Crippen LogP contribution >= 0.6 is 11.8 Å². The molecule has 0 fully saturated rings. The minimum atomic E-state index is -0.613. The van der Waals surface area contributed by atoms with Crippen LogP contribution in [0.3, 0.4) is 0 Å². The van der Waals surface area contributed by atoms with E-state index in [9.17, 15) is 14.4 Å². The fourth-order valence-electron chi connectivity index (χ4n) is 3.07. The number of H-pyrrole nitrogens is 1. The van der Waals surface area contributed by atoms with E-state index in [1.165, 1.54) is 26.8 Å². The van der Waals surface area contributed by atoms with E-state index >= 15 is 0 Å². The van der Waals surface area contributed by atoms with E-state index in [4.69, 9.17) is 5.73 Å². The summed E-state index contributed by atoms with van der Waals surface area (Å²) in [5.41, 5.74) is 7.48. The first-order chi connectivity index (χ1) is 14.4. The molecule has 0 bridgehead atoms. The van der Waals surface area contributed by atoms with E-state index in [0.717, 1.165) is 31.2 Å². The predicted octanol–water partition coefficient (Wildman–Crippen LogP) is 3.29. The number of thioether (sulfide) groups is 1. The van der Waals surface area contributed by atoms with E-state index in [2.05, 4.69) is 4.98 Å². The van der Waals surface area contributed by atoms with Gasteiger partial charge in [0.15, 0.2) is 5.69 Å². The van der Waals surface area contributed by atoms with Crippen LogP contribution in [0.2, 0.25) is 0 Å². The molecule has 0 saturated heterocycles. The maximum Gasteiger partial charge on any atom is 0.330 e. The van der Waals surface area contributed by atoms with Crippen LogP contribution in [0.25, 0.3) is 0 Å². The minimum Gasteiger partial charge on any atom is -0.383 e. The average Bonchev–Trinajstić information content (AvgIpc) is 2.71. The second-order valence-corrected chi connectivity index (χ2v) is 8.36. The van der Waals surface area contributed by atoms with Crippen LogP contribution in [0, 0.1) is 6.92 Å². The number of unbranched alkanes of at least 4 members (excludes halogenated alkanes) is 2. The van der Waals surface area contributed by atoms with Crippen molar-refractivity contribution < 1.29 is 4.79 Å². The molecule has 1 amide bonds. The van der Waals surface area contributed by atoms with Gasteiger partial charge in [-0.3, -0.25) is 19.1 Å². The maximum atomic E-state index is 13.0. The van der Waals surface area contributed by atoms with Gasteiger partial charge in [0.25, 0.3) is 5.56 Å². The number of aryl methyl sites for hydroxylation is 1. The van der Waals surface area contributed by atoms with Crippen molar-refractivity contribution in [2.24, 2.45) is 0 Å². The Labute approximate surface area is 181 Å². The second kappa shape index (κ2) is 11.6. The summed E-state index contributed by atoms with van der Waals surface area (Å²) in [7, 11) is 0. The molecule has 3 N–H and O–H groups in total. The highest BCUT2D eigenvalue weighted by Gasteiger charge is 2.23. The van der Waals surface area contributed by atoms with Gasteiger partial charge in [-0.2, -0.15) is 0 Å². The van der Waals surface area contributed by atoms with E-state index in [1.54, 1.807) is 0 Å². The third kappa shape index (κ3) is 6.26. The van der Waals surface area contributed by atoms with E-state index in [0.29, 0.717) is 18.8 Å². The smallest absolute Gasteiger partial charge is 0.330 e. The molecule has 0 unspecified atom stereocenters. The molecule has 2 aromatic rings. The monoisotopic (exact) mass is 432 g/mol. The zero-order chi connectivity index (χ0) is 22.1. The van der Waals surface area contributed by atoms with Gasteiger partial charge in [-0.15, -0.1) is 11.8 Å². The third-order valence-corrected chi connectivity index (χ3v) is 5.86. The Morgan fingerprint density at radius 1 is 1.13 bits per heavy atom. The van der Waals surface area contributed by atoms with E-state index < -0.39 is 11.2 Å². The lowest BCUT2D eigenvalue weighted by atomic mass is 10.2. The van der Waals surface area contributed by atoms with Crippen molar-refractivity contribution >= 4 is 29.2 Å². The van der Waals surface area contributed by atoms with Gasteiger partial charge in [-0.25, -0.2) is 4.79 Å². The number of rotatable bonds is 11. The summed E-state index contributed by atoms with van der Waals surface area (Å²) in [6.45, 7) is 6.86. The number of nitrogen functional groups attached to an aromatic ring is 1. The van der Waals surface area contributed by atoms with Crippen molar-refractivity contribution in [3.05, 3.63) is 56.2 Å². The van der Waals surface area contributed by atoms with Crippen LogP contribution in [-0.2, 0) is 17.1 Å². The highest BCUT2D eigenvalue weighted by atomic mass is 32.2.